The lowest BCUT2D eigenvalue weighted by Crippen LogP contribution is -2.44. The Balaban J connectivity index is 1.64. The Morgan fingerprint density at radius 2 is 2.25 bits per heavy atom. The van der Waals surface area contributed by atoms with Crippen molar-refractivity contribution in [2.45, 2.75) is 26.3 Å². The predicted octanol–water partition coefficient (Wildman–Crippen LogP) is 1.14. The fourth-order valence-electron chi connectivity index (χ4n) is 2.99. The molecular formula is C17H21N5O2. The first-order chi connectivity index (χ1) is 11.6. The van der Waals surface area contributed by atoms with E-state index < -0.39 is 0 Å². The highest BCUT2D eigenvalue weighted by Crippen LogP contribution is 2.17. The van der Waals surface area contributed by atoms with E-state index in [2.05, 4.69) is 15.3 Å². The molecule has 2 amide bonds. The smallest absolute Gasteiger partial charge is 0.225 e. The van der Waals surface area contributed by atoms with Crippen molar-refractivity contribution in [2.24, 2.45) is 5.92 Å². The molecule has 0 bridgehead atoms. The van der Waals surface area contributed by atoms with Gasteiger partial charge in [0, 0.05) is 50.7 Å². The van der Waals surface area contributed by atoms with Crippen molar-refractivity contribution in [1.82, 2.24) is 24.8 Å². The minimum Gasteiger partial charge on any atom is -0.352 e. The van der Waals surface area contributed by atoms with Crippen LogP contribution in [0.4, 0.5) is 0 Å². The maximum absolute atomic E-state index is 12.4. The van der Waals surface area contributed by atoms with E-state index in [-0.39, 0.29) is 17.7 Å². The molecule has 1 N–H and O–H groups in total. The molecule has 2 aromatic heterocycles. The molecule has 0 radical (unpaired) electrons. The van der Waals surface area contributed by atoms with Crippen molar-refractivity contribution >= 4 is 11.8 Å². The van der Waals surface area contributed by atoms with Gasteiger partial charge in [-0.25, -0.2) is 9.97 Å². The van der Waals surface area contributed by atoms with Gasteiger partial charge in [0.1, 0.15) is 12.1 Å². The molecule has 1 aliphatic rings. The van der Waals surface area contributed by atoms with Crippen molar-refractivity contribution in [3.8, 4) is 5.82 Å². The van der Waals surface area contributed by atoms with Crippen LogP contribution in [-0.4, -0.2) is 44.3 Å². The zero-order valence-electron chi connectivity index (χ0n) is 13.7. The molecule has 24 heavy (non-hydrogen) atoms. The Kier molecular flexibility index (Phi) is 4.88. The maximum Gasteiger partial charge on any atom is 0.225 e. The number of nitrogens with one attached hydrogen (secondary N) is 1. The van der Waals surface area contributed by atoms with Crippen LogP contribution in [-0.2, 0) is 16.1 Å². The Hall–Kier alpha value is -2.70. The number of nitrogens with zero attached hydrogens (tertiary/aromatic N) is 4. The van der Waals surface area contributed by atoms with E-state index in [1.807, 2.05) is 22.9 Å². The van der Waals surface area contributed by atoms with Crippen LogP contribution >= 0.6 is 0 Å². The molecule has 3 rings (SSSR count). The average molecular weight is 327 g/mol. The van der Waals surface area contributed by atoms with E-state index in [9.17, 15) is 9.59 Å². The first-order valence-corrected chi connectivity index (χ1v) is 8.10. The van der Waals surface area contributed by atoms with Crippen molar-refractivity contribution < 1.29 is 9.59 Å². The molecule has 1 fully saturated rings. The highest BCUT2D eigenvalue weighted by molar-refractivity contribution is 5.80. The first kappa shape index (κ1) is 16.2. The Labute approximate surface area is 140 Å². The van der Waals surface area contributed by atoms with E-state index in [0.717, 1.165) is 30.8 Å². The van der Waals surface area contributed by atoms with Crippen molar-refractivity contribution in [2.75, 3.05) is 13.1 Å². The third kappa shape index (κ3) is 3.61. The second kappa shape index (κ2) is 7.25. The average Bonchev–Trinajstić information content (AvgIpc) is 3.14. The fourth-order valence-corrected chi connectivity index (χ4v) is 2.99. The van der Waals surface area contributed by atoms with Crippen LogP contribution in [0.15, 0.2) is 37.1 Å². The van der Waals surface area contributed by atoms with Gasteiger partial charge < -0.3 is 10.2 Å². The van der Waals surface area contributed by atoms with Gasteiger partial charge in [0.25, 0.3) is 0 Å². The third-order valence-corrected chi connectivity index (χ3v) is 4.31. The molecule has 1 saturated heterocycles. The number of likely N-dealkylation sites (tertiary alicyclic amines) is 1. The number of imidazole rings is 1. The van der Waals surface area contributed by atoms with Gasteiger partial charge in [0.2, 0.25) is 11.8 Å². The number of piperidine rings is 1. The minimum atomic E-state index is -0.143. The molecule has 126 valence electrons. The van der Waals surface area contributed by atoms with E-state index in [1.165, 1.54) is 0 Å². The van der Waals surface area contributed by atoms with Crippen LogP contribution in [0.2, 0.25) is 0 Å². The van der Waals surface area contributed by atoms with Gasteiger partial charge in [0.05, 0.1) is 5.92 Å². The van der Waals surface area contributed by atoms with Crippen molar-refractivity contribution in [3.05, 3.63) is 42.6 Å². The summed E-state index contributed by atoms with van der Waals surface area (Å²) in [4.78, 5) is 34.1. The van der Waals surface area contributed by atoms with Gasteiger partial charge in [0.15, 0.2) is 0 Å². The van der Waals surface area contributed by atoms with Gasteiger partial charge in [-0.15, -0.1) is 0 Å². The van der Waals surface area contributed by atoms with Gasteiger partial charge in [-0.2, -0.15) is 0 Å². The first-order valence-electron chi connectivity index (χ1n) is 8.10. The zero-order valence-corrected chi connectivity index (χ0v) is 13.7. The number of carbonyl (C=O) groups is 2. The predicted molar refractivity (Wildman–Crippen MR) is 88.2 cm³/mol. The molecule has 1 aliphatic heterocycles. The number of hydrogen-bond acceptors (Lipinski definition) is 4. The maximum atomic E-state index is 12.4. The van der Waals surface area contributed by atoms with Crippen LogP contribution in [0, 0.1) is 5.92 Å². The van der Waals surface area contributed by atoms with Crippen LogP contribution < -0.4 is 5.32 Å². The Bertz CT molecular complexity index is 714. The lowest BCUT2D eigenvalue weighted by Gasteiger charge is -2.31. The molecule has 7 heteroatoms. The van der Waals surface area contributed by atoms with E-state index >= 15 is 0 Å². The van der Waals surface area contributed by atoms with E-state index in [1.54, 1.807) is 30.5 Å². The van der Waals surface area contributed by atoms with Gasteiger partial charge in [-0.3, -0.25) is 14.2 Å². The van der Waals surface area contributed by atoms with Crippen LogP contribution in [0.3, 0.4) is 0 Å². The van der Waals surface area contributed by atoms with Gasteiger partial charge in [-0.05, 0) is 18.9 Å². The van der Waals surface area contributed by atoms with E-state index in [4.69, 9.17) is 0 Å². The lowest BCUT2D eigenvalue weighted by molar-refractivity contribution is -0.134. The molecule has 1 atom stereocenters. The normalized spacial score (nSPS) is 17.5. The van der Waals surface area contributed by atoms with Crippen LogP contribution in [0.5, 0.6) is 0 Å². The summed E-state index contributed by atoms with van der Waals surface area (Å²) in [5.74, 6) is 0.629. The second-order valence-electron chi connectivity index (χ2n) is 5.98. The zero-order chi connectivity index (χ0) is 16.9. The monoisotopic (exact) mass is 327 g/mol. The Morgan fingerprint density at radius 3 is 3.00 bits per heavy atom. The standard InChI is InChI=1S/C17H21N5O2/c1-13(23)21-8-3-5-15(11-21)17(24)20-10-14-4-2-6-19-16(14)22-9-7-18-12-22/h2,4,6-7,9,12,15H,3,5,8,10-11H2,1H3,(H,20,24). The SMILES string of the molecule is CC(=O)N1CCCC(C(=O)NCc2cccnc2-n2ccnc2)C1. The van der Waals surface area contributed by atoms with Gasteiger partial charge >= 0.3 is 0 Å². The summed E-state index contributed by atoms with van der Waals surface area (Å²) in [5.41, 5.74) is 0.920. The molecule has 0 spiro atoms. The van der Waals surface area contributed by atoms with Gasteiger partial charge in [-0.1, -0.05) is 6.07 Å². The summed E-state index contributed by atoms with van der Waals surface area (Å²) in [6.45, 7) is 3.19. The summed E-state index contributed by atoms with van der Waals surface area (Å²) in [6.07, 6.45) is 8.59. The number of pyridine rings is 1. The van der Waals surface area contributed by atoms with Crippen LogP contribution in [0.25, 0.3) is 5.82 Å². The summed E-state index contributed by atoms with van der Waals surface area (Å²) < 4.78 is 1.82. The third-order valence-electron chi connectivity index (χ3n) is 4.31. The quantitative estimate of drug-likeness (QED) is 0.913. The number of rotatable bonds is 4. The molecule has 7 nitrogen and oxygen atoms in total. The number of hydrogen-bond donors (Lipinski definition) is 1. The summed E-state index contributed by atoms with van der Waals surface area (Å²) in [6, 6.07) is 3.78. The largest absolute Gasteiger partial charge is 0.352 e. The molecule has 2 aromatic rings. The molecule has 0 saturated carbocycles. The van der Waals surface area contributed by atoms with Crippen molar-refractivity contribution in [1.29, 1.82) is 0 Å². The topological polar surface area (TPSA) is 80.1 Å². The van der Waals surface area contributed by atoms with E-state index in [0.29, 0.717) is 13.1 Å². The summed E-state index contributed by atoms with van der Waals surface area (Å²) in [7, 11) is 0. The number of amides is 2. The fraction of sp³-hybridized carbons (Fsp3) is 0.412. The number of aromatic nitrogens is 3. The lowest BCUT2D eigenvalue weighted by atomic mass is 9.97. The molecule has 0 aliphatic carbocycles. The summed E-state index contributed by atoms with van der Waals surface area (Å²) in [5, 5.41) is 2.98. The highest BCUT2D eigenvalue weighted by Gasteiger charge is 2.26. The molecule has 3 heterocycles. The Morgan fingerprint density at radius 1 is 1.38 bits per heavy atom. The van der Waals surface area contributed by atoms with Crippen molar-refractivity contribution in [3.63, 3.8) is 0 Å². The van der Waals surface area contributed by atoms with Crippen LogP contribution in [0.1, 0.15) is 25.3 Å². The number of carbonyl (C=O) groups excluding carboxylic acids is 2. The molecule has 0 aromatic carbocycles. The molecular weight excluding hydrogens is 306 g/mol. The summed E-state index contributed by atoms with van der Waals surface area (Å²) >= 11 is 0. The minimum absolute atomic E-state index is 0.0126. The second-order valence-corrected chi connectivity index (χ2v) is 5.98. The molecule has 1 unspecified atom stereocenters. The highest BCUT2D eigenvalue weighted by atomic mass is 16.2.